The minimum Gasteiger partial charge on any atom is -0.348 e. The molecule has 2 aromatic carbocycles. The number of carbonyl (C=O) groups excluding carboxylic acids is 2. The molecule has 1 aliphatic heterocycles. The van der Waals surface area contributed by atoms with Gasteiger partial charge in [-0.3, -0.25) is 14.6 Å². The van der Waals surface area contributed by atoms with E-state index in [1.54, 1.807) is 19.3 Å². The van der Waals surface area contributed by atoms with Crippen LogP contribution < -0.4 is 10.2 Å². The number of aromatic nitrogens is 1. The summed E-state index contributed by atoms with van der Waals surface area (Å²) in [5.74, 6) is -0.0247. The van der Waals surface area contributed by atoms with Crippen LogP contribution in [0.5, 0.6) is 0 Å². The Bertz CT molecular complexity index is 1030. The van der Waals surface area contributed by atoms with Gasteiger partial charge in [-0.1, -0.05) is 24.3 Å². The molecule has 0 aliphatic carbocycles. The summed E-state index contributed by atoms with van der Waals surface area (Å²) in [5.41, 5.74) is 5.94. The lowest BCUT2D eigenvalue weighted by molar-refractivity contribution is -0.116. The first kappa shape index (κ1) is 18.9. The van der Waals surface area contributed by atoms with Crippen molar-refractivity contribution in [3.05, 3.63) is 83.7 Å². The van der Waals surface area contributed by atoms with Gasteiger partial charge in [0.25, 0.3) is 5.91 Å². The van der Waals surface area contributed by atoms with E-state index in [0.29, 0.717) is 12.1 Å². The van der Waals surface area contributed by atoms with Crippen LogP contribution in [0.4, 0.5) is 5.69 Å². The maximum atomic E-state index is 12.4. The van der Waals surface area contributed by atoms with Gasteiger partial charge in [0.1, 0.15) is 0 Å². The second-order valence-corrected chi connectivity index (χ2v) is 7.24. The summed E-state index contributed by atoms with van der Waals surface area (Å²) < 4.78 is 0. The SMILES string of the molecule is CC(=O)N1CCCc2cc(-c3ccc(C(=O)NCc4cccnc4)cc3)ccc21. The van der Waals surface area contributed by atoms with Crippen LogP contribution in [0.2, 0.25) is 0 Å². The van der Waals surface area contributed by atoms with Crippen molar-refractivity contribution in [3.8, 4) is 11.1 Å². The molecule has 0 saturated carbocycles. The van der Waals surface area contributed by atoms with Gasteiger partial charge in [0.2, 0.25) is 5.91 Å². The molecule has 0 saturated heterocycles. The fourth-order valence-electron chi connectivity index (χ4n) is 3.70. The number of aryl methyl sites for hydroxylation is 1. The Morgan fingerprint density at radius 1 is 1.07 bits per heavy atom. The molecular weight excluding hydrogens is 362 g/mol. The summed E-state index contributed by atoms with van der Waals surface area (Å²) >= 11 is 0. The standard InChI is InChI=1S/C24H23N3O2/c1-17(28)27-13-3-5-22-14-21(10-11-23(22)27)19-6-8-20(9-7-19)24(29)26-16-18-4-2-12-25-15-18/h2,4,6-12,14-15H,3,5,13,16H2,1H3,(H,26,29). The highest BCUT2D eigenvalue weighted by atomic mass is 16.2. The average Bonchev–Trinajstić information content (AvgIpc) is 2.77. The Labute approximate surface area is 170 Å². The molecule has 2 amide bonds. The Morgan fingerprint density at radius 3 is 2.59 bits per heavy atom. The normalized spacial score (nSPS) is 12.9. The summed E-state index contributed by atoms with van der Waals surface area (Å²) in [7, 11) is 0. The van der Waals surface area contributed by atoms with Crippen molar-refractivity contribution in [2.45, 2.75) is 26.3 Å². The highest BCUT2D eigenvalue weighted by Gasteiger charge is 2.20. The van der Waals surface area contributed by atoms with Crippen molar-refractivity contribution in [2.24, 2.45) is 0 Å². The van der Waals surface area contributed by atoms with E-state index in [0.717, 1.165) is 41.8 Å². The van der Waals surface area contributed by atoms with E-state index in [9.17, 15) is 9.59 Å². The second-order valence-electron chi connectivity index (χ2n) is 7.24. The molecule has 5 heteroatoms. The van der Waals surface area contributed by atoms with Crippen LogP contribution in [0.3, 0.4) is 0 Å². The lowest BCUT2D eigenvalue weighted by Crippen LogP contribution is -2.33. The van der Waals surface area contributed by atoms with E-state index in [-0.39, 0.29) is 11.8 Å². The molecule has 0 atom stereocenters. The molecule has 1 aromatic heterocycles. The molecule has 3 aromatic rings. The average molecular weight is 385 g/mol. The third-order valence-corrected chi connectivity index (χ3v) is 5.23. The molecule has 0 unspecified atom stereocenters. The summed E-state index contributed by atoms with van der Waals surface area (Å²) in [6.45, 7) is 2.84. The third-order valence-electron chi connectivity index (χ3n) is 5.23. The van der Waals surface area contributed by atoms with Crippen molar-refractivity contribution >= 4 is 17.5 Å². The van der Waals surface area contributed by atoms with Crippen molar-refractivity contribution in [1.29, 1.82) is 0 Å². The zero-order valence-corrected chi connectivity index (χ0v) is 16.4. The van der Waals surface area contributed by atoms with Crippen molar-refractivity contribution in [3.63, 3.8) is 0 Å². The number of fused-ring (bicyclic) bond motifs is 1. The molecular formula is C24H23N3O2. The first-order chi connectivity index (χ1) is 14.1. The molecule has 0 bridgehead atoms. The van der Waals surface area contributed by atoms with E-state index < -0.39 is 0 Å². The van der Waals surface area contributed by atoms with Crippen LogP contribution in [0.25, 0.3) is 11.1 Å². The van der Waals surface area contributed by atoms with Crippen LogP contribution in [0.15, 0.2) is 67.0 Å². The maximum Gasteiger partial charge on any atom is 0.251 e. The Balaban J connectivity index is 1.48. The monoisotopic (exact) mass is 385 g/mol. The van der Waals surface area contributed by atoms with Crippen molar-refractivity contribution in [2.75, 3.05) is 11.4 Å². The highest BCUT2D eigenvalue weighted by molar-refractivity contribution is 5.95. The van der Waals surface area contributed by atoms with Gasteiger partial charge >= 0.3 is 0 Å². The summed E-state index contributed by atoms with van der Waals surface area (Å²) in [6, 6.07) is 17.6. The minimum absolute atomic E-state index is 0.0837. The van der Waals surface area contributed by atoms with Crippen LogP contribution in [-0.2, 0) is 17.8 Å². The van der Waals surface area contributed by atoms with Crippen molar-refractivity contribution in [1.82, 2.24) is 10.3 Å². The predicted molar refractivity (Wildman–Crippen MR) is 114 cm³/mol. The van der Waals surface area contributed by atoms with E-state index in [4.69, 9.17) is 0 Å². The molecule has 1 N–H and O–H groups in total. The lowest BCUT2D eigenvalue weighted by atomic mass is 9.95. The molecule has 1 aliphatic rings. The quantitative estimate of drug-likeness (QED) is 0.739. The number of amides is 2. The summed E-state index contributed by atoms with van der Waals surface area (Å²) in [5, 5.41) is 2.91. The summed E-state index contributed by atoms with van der Waals surface area (Å²) in [6.07, 6.45) is 5.41. The topological polar surface area (TPSA) is 62.3 Å². The fourth-order valence-corrected chi connectivity index (χ4v) is 3.70. The van der Waals surface area contributed by atoms with Crippen LogP contribution >= 0.6 is 0 Å². The van der Waals surface area contributed by atoms with E-state index in [2.05, 4.69) is 16.4 Å². The molecule has 4 rings (SSSR count). The molecule has 0 spiro atoms. The van der Waals surface area contributed by atoms with Gasteiger partial charge in [-0.05, 0) is 65.4 Å². The number of nitrogens with one attached hydrogen (secondary N) is 1. The largest absolute Gasteiger partial charge is 0.348 e. The Hall–Kier alpha value is -3.47. The molecule has 0 fully saturated rings. The second kappa shape index (κ2) is 8.27. The van der Waals surface area contributed by atoms with Gasteiger partial charge in [0, 0.05) is 43.7 Å². The number of benzene rings is 2. The third kappa shape index (κ3) is 4.19. The van der Waals surface area contributed by atoms with Crippen LogP contribution in [0, 0.1) is 0 Å². The van der Waals surface area contributed by atoms with Gasteiger partial charge in [-0.15, -0.1) is 0 Å². The van der Waals surface area contributed by atoms with Gasteiger partial charge in [-0.25, -0.2) is 0 Å². The molecule has 5 nitrogen and oxygen atoms in total. The Morgan fingerprint density at radius 2 is 1.86 bits per heavy atom. The van der Waals surface area contributed by atoms with E-state index in [1.807, 2.05) is 53.4 Å². The van der Waals surface area contributed by atoms with Gasteiger partial charge in [0.05, 0.1) is 0 Å². The zero-order chi connectivity index (χ0) is 20.2. The van der Waals surface area contributed by atoms with E-state index >= 15 is 0 Å². The zero-order valence-electron chi connectivity index (χ0n) is 16.4. The molecule has 2 heterocycles. The Kier molecular flexibility index (Phi) is 5.38. The maximum absolute atomic E-state index is 12.4. The number of hydrogen-bond donors (Lipinski definition) is 1. The van der Waals surface area contributed by atoms with Crippen LogP contribution in [-0.4, -0.2) is 23.3 Å². The number of anilines is 1. The van der Waals surface area contributed by atoms with Gasteiger partial charge < -0.3 is 10.2 Å². The van der Waals surface area contributed by atoms with Crippen molar-refractivity contribution < 1.29 is 9.59 Å². The number of rotatable bonds is 4. The number of hydrogen-bond acceptors (Lipinski definition) is 3. The molecule has 0 radical (unpaired) electrons. The molecule has 29 heavy (non-hydrogen) atoms. The molecule has 146 valence electrons. The van der Waals surface area contributed by atoms with E-state index in [1.165, 1.54) is 5.56 Å². The van der Waals surface area contributed by atoms with Gasteiger partial charge in [-0.2, -0.15) is 0 Å². The minimum atomic E-state index is -0.108. The van der Waals surface area contributed by atoms with Gasteiger partial charge in [0.15, 0.2) is 0 Å². The predicted octanol–water partition coefficient (Wildman–Crippen LogP) is 3.98. The number of pyridine rings is 1. The van der Waals surface area contributed by atoms with Crippen LogP contribution in [0.1, 0.15) is 34.8 Å². The lowest BCUT2D eigenvalue weighted by Gasteiger charge is -2.29. The first-order valence-electron chi connectivity index (χ1n) is 9.80. The number of nitrogens with zero attached hydrogens (tertiary/aromatic N) is 2. The summed E-state index contributed by atoms with van der Waals surface area (Å²) in [4.78, 5) is 30.1. The number of carbonyl (C=O) groups is 2. The highest BCUT2D eigenvalue weighted by Crippen LogP contribution is 2.31. The first-order valence-corrected chi connectivity index (χ1v) is 9.80. The smallest absolute Gasteiger partial charge is 0.251 e. The fraction of sp³-hybridized carbons (Fsp3) is 0.208.